The zero-order valence-corrected chi connectivity index (χ0v) is 8.64. The molecule has 0 radical (unpaired) electrons. The van der Waals surface area contributed by atoms with Gasteiger partial charge in [-0.15, -0.1) is 0 Å². The van der Waals surface area contributed by atoms with Gasteiger partial charge in [0.2, 0.25) is 0 Å². The first-order valence-electron chi connectivity index (χ1n) is 4.95. The predicted molar refractivity (Wildman–Crippen MR) is 56.0 cm³/mol. The molecule has 1 unspecified atom stereocenters. The third-order valence-corrected chi connectivity index (χ3v) is 2.63. The van der Waals surface area contributed by atoms with E-state index < -0.39 is 0 Å². The molecule has 0 saturated heterocycles. The average molecular weight is 209 g/mol. The Morgan fingerprint density at radius 1 is 1.60 bits per heavy atom. The van der Waals surface area contributed by atoms with Crippen LogP contribution in [0.25, 0.3) is 0 Å². The summed E-state index contributed by atoms with van der Waals surface area (Å²) in [6.07, 6.45) is 0.440. The van der Waals surface area contributed by atoms with Crippen LogP contribution in [0.2, 0.25) is 0 Å². The summed E-state index contributed by atoms with van der Waals surface area (Å²) in [5.74, 6) is 1.45. The number of aliphatic hydroxyl groups is 1. The lowest BCUT2D eigenvalue weighted by molar-refractivity contribution is 0.0885. The number of benzene rings is 1. The Morgan fingerprint density at radius 2 is 2.40 bits per heavy atom. The van der Waals surface area contributed by atoms with Gasteiger partial charge in [0.05, 0.1) is 13.7 Å². The molecule has 1 heterocycles. The molecule has 4 heteroatoms. The van der Waals surface area contributed by atoms with Crippen LogP contribution in [0.15, 0.2) is 18.2 Å². The molecule has 3 N–H and O–H groups in total. The van der Waals surface area contributed by atoms with E-state index in [9.17, 15) is 0 Å². The molecule has 2 rings (SSSR count). The average Bonchev–Trinajstić information content (AvgIpc) is 2.28. The van der Waals surface area contributed by atoms with Crippen LogP contribution in [0.1, 0.15) is 18.0 Å². The lowest BCUT2D eigenvalue weighted by Crippen LogP contribution is -2.31. The summed E-state index contributed by atoms with van der Waals surface area (Å²) in [4.78, 5) is 0. The van der Waals surface area contributed by atoms with Gasteiger partial charge in [0.25, 0.3) is 0 Å². The van der Waals surface area contributed by atoms with E-state index in [-0.39, 0.29) is 18.8 Å². The molecule has 0 fully saturated rings. The van der Waals surface area contributed by atoms with Gasteiger partial charge in [-0.05, 0) is 6.07 Å². The van der Waals surface area contributed by atoms with Crippen molar-refractivity contribution in [2.75, 3.05) is 13.7 Å². The number of methoxy groups -OCH3 is 1. The first-order chi connectivity index (χ1) is 7.24. The van der Waals surface area contributed by atoms with Gasteiger partial charge in [-0.3, -0.25) is 0 Å². The van der Waals surface area contributed by atoms with Crippen LogP contribution < -0.4 is 15.2 Å². The van der Waals surface area contributed by atoms with Gasteiger partial charge >= 0.3 is 0 Å². The normalized spacial score (nSPS) is 24.2. The molecule has 0 amide bonds. The van der Waals surface area contributed by atoms with Gasteiger partial charge in [0.15, 0.2) is 0 Å². The van der Waals surface area contributed by atoms with E-state index in [1.165, 1.54) is 0 Å². The Labute approximate surface area is 88.6 Å². The molecule has 0 saturated carbocycles. The highest BCUT2D eigenvalue weighted by Gasteiger charge is 2.25. The number of hydrogen-bond donors (Lipinski definition) is 2. The van der Waals surface area contributed by atoms with E-state index in [1.54, 1.807) is 13.2 Å². The molecule has 0 bridgehead atoms. The lowest BCUT2D eigenvalue weighted by Gasteiger charge is -2.29. The fourth-order valence-corrected chi connectivity index (χ4v) is 1.80. The molecule has 4 nitrogen and oxygen atoms in total. The summed E-state index contributed by atoms with van der Waals surface area (Å²) in [6.45, 7) is -0.00957. The topological polar surface area (TPSA) is 64.7 Å². The number of ether oxygens (including phenoxy) is 2. The van der Waals surface area contributed by atoms with E-state index in [2.05, 4.69) is 0 Å². The van der Waals surface area contributed by atoms with Crippen molar-refractivity contribution in [3.63, 3.8) is 0 Å². The second-order valence-electron chi connectivity index (χ2n) is 3.67. The van der Waals surface area contributed by atoms with Crippen LogP contribution in [-0.4, -0.2) is 24.9 Å². The molecule has 2 atom stereocenters. The maximum atomic E-state index is 9.05. The second kappa shape index (κ2) is 4.08. The van der Waals surface area contributed by atoms with Crippen molar-refractivity contribution in [3.05, 3.63) is 23.8 Å². The van der Waals surface area contributed by atoms with Crippen molar-refractivity contribution in [1.29, 1.82) is 0 Å². The van der Waals surface area contributed by atoms with Crippen LogP contribution in [-0.2, 0) is 0 Å². The van der Waals surface area contributed by atoms with Crippen LogP contribution in [0, 0.1) is 0 Å². The van der Waals surface area contributed by atoms with Gasteiger partial charge in [-0.2, -0.15) is 0 Å². The molecule has 0 aromatic heterocycles. The van der Waals surface area contributed by atoms with Gasteiger partial charge < -0.3 is 20.3 Å². The third kappa shape index (κ3) is 1.91. The monoisotopic (exact) mass is 209 g/mol. The van der Waals surface area contributed by atoms with E-state index in [0.717, 1.165) is 11.3 Å². The predicted octanol–water partition coefficient (Wildman–Crippen LogP) is 0.838. The first kappa shape index (κ1) is 10.3. The minimum atomic E-state index is -0.209. The number of nitrogens with two attached hydrogens (primary N) is 1. The van der Waals surface area contributed by atoms with Crippen molar-refractivity contribution >= 4 is 0 Å². The minimum absolute atomic E-state index is 0.00957. The SMILES string of the molecule is COc1ccc2c(c1)OC(CO)C[C@H]2N. The highest BCUT2D eigenvalue weighted by molar-refractivity contribution is 5.43. The van der Waals surface area contributed by atoms with E-state index in [0.29, 0.717) is 12.2 Å². The highest BCUT2D eigenvalue weighted by Crippen LogP contribution is 2.35. The quantitative estimate of drug-likeness (QED) is 0.757. The molecule has 0 aliphatic carbocycles. The lowest BCUT2D eigenvalue weighted by atomic mass is 9.97. The Morgan fingerprint density at radius 3 is 3.07 bits per heavy atom. The highest BCUT2D eigenvalue weighted by atomic mass is 16.5. The summed E-state index contributed by atoms with van der Waals surface area (Å²) >= 11 is 0. The number of fused-ring (bicyclic) bond motifs is 1. The summed E-state index contributed by atoms with van der Waals surface area (Å²) in [5.41, 5.74) is 6.94. The van der Waals surface area contributed by atoms with Crippen molar-refractivity contribution < 1.29 is 14.6 Å². The van der Waals surface area contributed by atoms with Gasteiger partial charge in [0.1, 0.15) is 17.6 Å². The third-order valence-electron chi connectivity index (χ3n) is 2.63. The summed E-state index contributed by atoms with van der Waals surface area (Å²) in [6, 6.07) is 5.50. The maximum absolute atomic E-state index is 9.05. The van der Waals surface area contributed by atoms with Gasteiger partial charge in [0, 0.05) is 24.1 Å². The molecule has 15 heavy (non-hydrogen) atoms. The van der Waals surface area contributed by atoms with Crippen LogP contribution in [0.4, 0.5) is 0 Å². The fourth-order valence-electron chi connectivity index (χ4n) is 1.80. The van der Waals surface area contributed by atoms with Crippen molar-refractivity contribution in [1.82, 2.24) is 0 Å². The molecule has 82 valence electrons. The summed E-state index contributed by atoms with van der Waals surface area (Å²) in [5, 5.41) is 9.05. The Balaban J connectivity index is 2.33. The number of rotatable bonds is 2. The Hall–Kier alpha value is -1.26. The van der Waals surface area contributed by atoms with Crippen molar-refractivity contribution in [2.45, 2.75) is 18.6 Å². The van der Waals surface area contributed by atoms with Gasteiger partial charge in [-0.1, -0.05) is 6.07 Å². The van der Waals surface area contributed by atoms with Crippen molar-refractivity contribution in [2.24, 2.45) is 5.73 Å². The first-order valence-corrected chi connectivity index (χ1v) is 4.95. The fraction of sp³-hybridized carbons (Fsp3) is 0.455. The van der Waals surface area contributed by atoms with Crippen molar-refractivity contribution in [3.8, 4) is 11.5 Å². The molecule has 1 aliphatic rings. The second-order valence-corrected chi connectivity index (χ2v) is 3.67. The van der Waals surface area contributed by atoms with Crippen LogP contribution >= 0.6 is 0 Å². The van der Waals surface area contributed by atoms with E-state index in [1.807, 2.05) is 12.1 Å². The molecule has 1 aromatic carbocycles. The smallest absolute Gasteiger partial charge is 0.128 e. The summed E-state index contributed by atoms with van der Waals surface area (Å²) < 4.78 is 10.7. The molecule has 1 aliphatic heterocycles. The Bertz CT molecular complexity index is 354. The maximum Gasteiger partial charge on any atom is 0.128 e. The number of aliphatic hydroxyl groups excluding tert-OH is 1. The molecular formula is C11H15NO3. The van der Waals surface area contributed by atoms with Crippen LogP contribution in [0.5, 0.6) is 11.5 Å². The Kier molecular flexibility index (Phi) is 2.79. The molecule has 0 spiro atoms. The largest absolute Gasteiger partial charge is 0.497 e. The summed E-state index contributed by atoms with van der Waals surface area (Å²) in [7, 11) is 1.61. The van der Waals surface area contributed by atoms with Gasteiger partial charge in [-0.25, -0.2) is 0 Å². The standard InChI is InChI=1S/C11H15NO3/c1-14-7-2-3-9-10(12)4-8(6-13)15-11(9)5-7/h2-3,5,8,10,13H,4,6,12H2,1H3/t8?,10-/m1/s1. The van der Waals surface area contributed by atoms with E-state index >= 15 is 0 Å². The van der Waals surface area contributed by atoms with Crippen LogP contribution in [0.3, 0.4) is 0 Å². The minimum Gasteiger partial charge on any atom is -0.497 e. The zero-order chi connectivity index (χ0) is 10.8. The number of hydrogen-bond acceptors (Lipinski definition) is 4. The van der Waals surface area contributed by atoms with E-state index in [4.69, 9.17) is 20.3 Å². The zero-order valence-electron chi connectivity index (χ0n) is 8.64. The molecule has 1 aromatic rings. The molecular weight excluding hydrogens is 194 g/mol.